The minimum absolute atomic E-state index is 0.0117. The summed E-state index contributed by atoms with van der Waals surface area (Å²) >= 11 is 2.71. The van der Waals surface area contributed by atoms with Gasteiger partial charge in [-0.25, -0.2) is 14.6 Å². The molecule has 0 aromatic carbocycles. The molecule has 0 bridgehead atoms. The van der Waals surface area contributed by atoms with Crippen LogP contribution in [0.5, 0.6) is 0 Å². The summed E-state index contributed by atoms with van der Waals surface area (Å²) in [5.74, 6) is 0.231. The molecule has 1 aromatic heterocycles. The fraction of sp³-hybridized carbons (Fsp3) is 0.682. The van der Waals surface area contributed by atoms with Gasteiger partial charge in [0.2, 0.25) is 0 Å². The molecule has 2 fully saturated rings. The molecule has 172 valence electrons. The van der Waals surface area contributed by atoms with Crippen molar-refractivity contribution in [2.45, 2.75) is 68.9 Å². The van der Waals surface area contributed by atoms with Gasteiger partial charge in [-0.3, -0.25) is 4.90 Å². The number of aliphatic hydroxyl groups excluding tert-OH is 1. The maximum atomic E-state index is 12.1. The van der Waals surface area contributed by atoms with Gasteiger partial charge in [-0.15, -0.1) is 11.3 Å². The molecule has 1 saturated heterocycles. The lowest BCUT2D eigenvalue weighted by Crippen LogP contribution is -2.41. The van der Waals surface area contributed by atoms with Crippen molar-refractivity contribution in [2.24, 2.45) is 11.3 Å². The number of carboxylic acid groups (broad SMARTS) is 1. The average molecular weight is 469 g/mol. The average Bonchev–Trinajstić information content (AvgIpc) is 3.29. The largest absolute Gasteiger partial charge is 0.476 e. The second-order valence-corrected chi connectivity index (χ2v) is 11.0. The Morgan fingerprint density at radius 2 is 2.26 bits per heavy atom. The van der Waals surface area contributed by atoms with E-state index in [1.165, 1.54) is 41.3 Å². The van der Waals surface area contributed by atoms with Crippen molar-refractivity contribution in [1.29, 1.82) is 0 Å². The van der Waals surface area contributed by atoms with Gasteiger partial charge in [-0.2, -0.15) is 0 Å². The number of thioether (sulfide) groups is 1. The Hall–Kier alpha value is -1.58. The molecule has 1 amide bonds. The minimum atomic E-state index is -1.04. The summed E-state index contributed by atoms with van der Waals surface area (Å²) in [5, 5.41) is 21.4. The van der Waals surface area contributed by atoms with Gasteiger partial charge in [-0.05, 0) is 30.6 Å². The van der Waals surface area contributed by atoms with Gasteiger partial charge >= 0.3 is 12.1 Å². The van der Waals surface area contributed by atoms with Gasteiger partial charge in [0.15, 0.2) is 10.0 Å². The number of rotatable bonds is 12. The number of hydrogen-bond acceptors (Lipinski definition) is 7. The molecule has 9 heteroatoms. The van der Waals surface area contributed by atoms with Crippen LogP contribution in [-0.4, -0.2) is 63.2 Å². The molecule has 7 nitrogen and oxygen atoms in total. The Bertz CT molecular complexity index is 791. The Morgan fingerprint density at radius 1 is 1.48 bits per heavy atom. The van der Waals surface area contributed by atoms with Crippen molar-refractivity contribution in [3.63, 3.8) is 0 Å². The Kier molecular flexibility index (Phi) is 8.41. The quantitative estimate of drug-likeness (QED) is 0.340. The lowest BCUT2D eigenvalue weighted by molar-refractivity contribution is -0.0150. The van der Waals surface area contributed by atoms with E-state index >= 15 is 0 Å². The molecular weight excluding hydrogens is 436 g/mol. The van der Waals surface area contributed by atoms with Gasteiger partial charge in [0.25, 0.3) is 0 Å². The molecule has 0 spiro atoms. The van der Waals surface area contributed by atoms with Gasteiger partial charge in [0.05, 0.1) is 12.1 Å². The number of amides is 1. The fourth-order valence-electron chi connectivity index (χ4n) is 4.16. The summed E-state index contributed by atoms with van der Waals surface area (Å²) in [6.45, 7) is 5.21. The third-order valence-corrected chi connectivity index (χ3v) is 8.22. The molecule has 3 rings (SSSR count). The molecular formula is C22H32N2O5S2. The van der Waals surface area contributed by atoms with Crippen LogP contribution in [0.15, 0.2) is 21.9 Å². The summed E-state index contributed by atoms with van der Waals surface area (Å²) < 4.78 is 5.89. The molecule has 0 unspecified atom stereocenters. The second-order valence-electron chi connectivity index (χ2n) is 8.82. The Labute approximate surface area is 191 Å². The fourth-order valence-corrected chi connectivity index (χ4v) is 5.97. The van der Waals surface area contributed by atoms with Crippen LogP contribution in [0.1, 0.15) is 62.9 Å². The van der Waals surface area contributed by atoms with Crippen molar-refractivity contribution in [1.82, 2.24) is 9.88 Å². The number of ether oxygens (including phenoxy) is 1. The zero-order valence-electron chi connectivity index (χ0n) is 18.2. The van der Waals surface area contributed by atoms with Crippen molar-refractivity contribution in [3.8, 4) is 0 Å². The van der Waals surface area contributed by atoms with E-state index in [2.05, 4.69) is 18.8 Å². The topological polar surface area (TPSA) is 100.0 Å². The number of aliphatic hydroxyl groups is 1. The van der Waals surface area contributed by atoms with Crippen LogP contribution in [0, 0.1) is 11.3 Å². The zero-order valence-corrected chi connectivity index (χ0v) is 19.8. The maximum Gasteiger partial charge on any atom is 0.410 e. The summed E-state index contributed by atoms with van der Waals surface area (Å²) in [5.41, 5.74) is 0.0311. The van der Waals surface area contributed by atoms with E-state index in [1.54, 1.807) is 4.90 Å². The number of nitrogens with zero attached hydrogens (tertiary/aromatic N) is 2. The number of hydrogen-bond donors (Lipinski definition) is 2. The van der Waals surface area contributed by atoms with E-state index in [1.807, 2.05) is 12.2 Å². The van der Waals surface area contributed by atoms with Crippen LogP contribution >= 0.6 is 23.1 Å². The molecule has 2 heterocycles. The number of aromatic nitrogens is 1. The van der Waals surface area contributed by atoms with Crippen LogP contribution in [0.2, 0.25) is 0 Å². The summed E-state index contributed by atoms with van der Waals surface area (Å²) in [6, 6.07) is -0.193. The number of thiazole rings is 1. The Balaban J connectivity index is 1.51. The molecule has 0 radical (unpaired) electrons. The van der Waals surface area contributed by atoms with Gasteiger partial charge < -0.3 is 14.9 Å². The number of carbonyl (C=O) groups excluding carboxylic acids is 1. The van der Waals surface area contributed by atoms with Gasteiger partial charge in [0, 0.05) is 17.7 Å². The van der Waals surface area contributed by atoms with E-state index in [0.717, 1.165) is 25.7 Å². The van der Waals surface area contributed by atoms with Crippen molar-refractivity contribution in [2.75, 3.05) is 18.9 Å². The van der Waals surface area contributed by atoms with E-state index in [9.17, 15) is 14.7 Å². The highest BCUT2D eigenvalue weighted by Gasteiger charge is 2.42. The predicted octanol–water partition coefficient (Wildman–Crippen LogP) is 4.67. The third kappa shape index (κ3) is 6.23. The lowest BCUT2D eigenvalue weighted by Gasteiger charge is -2.45. The van der Waals surface area contributed by atoms with Crippen LogP contribution in [0.25, 0.3) is 0 Å². The summed E-state index contributed by atoms with van der Waals surface area (Å²) in [7, 11) is 0. The molecule has 2 aliphatic rings. The van der Waals surface area contributed by atoms with Gasteiger partial charge in [0.1, 0.15) is 6.61 Å². The van der Waals surface area contributed by atoms with E-state index in [0.29, 0.717) is 22.6 Å². The van der Waals surface area contributed by atoms with Crippen molar-refractivity contribution in [3.05, 3.63) is 23.2 Å². The van der Waals surface area contributed by atoms with Crippen LogP contribution in [0.3, 0.4) is 0 Å². The normalized spacial score (nSPS) is 21.5. The second kappa shape index (κ2) is 10.8. The van der Waals surface area contributed by atoms with E-state index < -0.39 is 12.1 Å². The SMILES string of the molecule is CC(C)CCCC1([C@H](O)C=C[C@H]2COC(=O)N2CCSc2nc(C(=O)O)cs2)CCC1. The smallest absolute Gasteiger partial charge is 0.410 e. The van der Waals surface area contributed by atoms with E-state index in [4.69, 9.17) is 9.84 Å². The minimum Gasteiger partial charge on any atom is -0.476 e. The molecule has 1 saturated carbocycles. The first kappa shape index (κ1) is 24.1. The third-order valence-electron chi connectivity index (χ3n) is 6.22. The molecule has 2 N–H and O–H groups in total. The maximum absolute atomic E-state index is 12.1. The molecule has 1 aliphatic carbocycles. The highest BCUT2D eigenvalue weighted by Crippen LogP contribution is 2.48. The highest BCUT2D eigenvalue weighted by molar-refractivity contribution is 8.01. The Morgan fingerprint density at radius 3 is 2.87 bits per heavy atom. The highest BCUT2D eigenvalue weighted by atomic mass is 32.2. The molecule has 1 aliphatic heterocycles. The van der Waals surface area contributed by atoms with Crippen LogP contribution in [0.4, 0.5) is 4.79 Å². The van der Waals surface area contributed by atoms with Crippen molar-refractivity contribution >= 4 is 35.2 Å². The zero-order chi connectivity index (χ0) is 22.4. The molecule has 1 aromatic rings. The summed E-state index contributed by atoms with van der Waals surface area (Å²) in [4.78, 5) is 28.8. The lowest BCUT2D eigenvalue weighted by atomic mass is 9.62. The van der Waals surface area contributed by atoms with Crippen LogP contribution in [-0.2, 0) is 4.74 Å². The number of carboxylic acids is 1. The van der Waals surface area contributed by atoms with Gasteiger partial charge in [-0.1, -0.05) is 57.0 Å². The first-order valence-electron chi connectivity index (χ1n) is 10.9. The standard InChI is InChI=1S/C22H32N2O5S2/c1-15(2)5-3-8-22(9-4-10-22)18(25)7-6-16-13-29-21(28)24(16)11-12-30-20-23-17(14-31-20)19(26)27/h6-7,14-16,18,25H,3-5,8-13H2,1-2H3,(H,26,27)/t16-,18+/m0/s1. The summed E-state index contributed by atoms with van der Waals surface area (Å²) in [6.07, 6.45) is 9.57. The first-order chi connectivity index (χ1) is 14.8. The van der Waals surface area contributed by atoms with Crippen molar-refractivity contribution < 1.29 is 24.5 Å². The predicted molar refractivity (Wildman–Crippen MR) is 122 cm³/mol. The van der Waals surface area contributed by atoms with E-state index in [-0.39, 0.29) is 29.9 Å². The molecule has 2 atom stereocenters. The van der Waals surface area contributed by atoms with Crippen LogP contribution < -0.4 is 0 Å². The number of carbonyl (C=O) groups is 2. The first-order valence-corrected chi connectivity index (χ1v) is 12.8. The monoisotopic (exact) mass is 468 g/mol. The number of aromatic carboxylic acids is 1. The number of cyclic esters (lactones) is 1. The molecule has 31 heavy (non-hydrogen) atoms.